The Morgan fingerprint density at radius 3 is 3.11 bits per heavy atom. The first-order valence-electron chi connectivity index (χ1n) is 5.82. The van der Waals surface area contributed by atoms with Crippen molar-refractivity contribution in [3.05, 3.63) is 12.2 Å². The molecule has 1 aromatic rings. The maximum atomic E-state index is 12.1. The van der Waals surface area contributed by atoms with Gasteiger partial charge in [0.25, 0.3) is 0 Å². The van der Waals surface area contributed by atoms with E-state index < -0.39 is 18.0 Å². The van der Waals surface area contributed by atoms with E-state index >= 15 is 0 Å². The molecule has 0 radical (unpaired) electrons. The number of nitrogens with zero attached hydrogens (tertiary/aromatic N) is 3. The van der Waals surface area contributed by atoms with E-state index in [0.29, 0.717) is 18.1 Å². The Hall–Kier alpha value is -1.77. The molecule has 0 aliphatic carbocycles. The average molecular weight is 285 g/mol. The van der Waals surface area contributed by atoms with Crippen molar-refractivity contribution >= 4 is 23.8 Å². The van der Waals surface area contributed by atoms with E-state index in [-0.39, 0.29) is 6.04 Å². The van der Waals surface area contributed by atoms with Crippen molar-refractivity contribution in [1.82, 2.24) is 25.4 Å². The number of hydrogen-bond donors (Lipinski definition) is 3. The monoisotopic (exact) mass is 285 g/mol. The maximum Gasteiger partial charge on any atom is 0.327 e. The van der Waals surface area contributed by atoms with Gasteiger partial charge in [0.2, 0.25) is 0 Å². The minimum absolute atomic E-state index is 0.348. The summed E-state index contributed by atoms with van der Waals surface area (Å²) in [6.45, 7) is 2.18. The summed E-state index contributed by atoms with van der Waals surface area (Å²) in [6, 6.07) is -1.52. The van der Waals surface area contributed by atoms with Gasteiger partial charge in [0, 0.05) is 18.1 Å². The van der Waals surface area contributed by atoms with Crippen LogP contribution in [-0.4, -0.2) is 61.3 Å². The number of urea groups is 1. The maximum absolute atomic E-state index is 12.1. The minimum atomic E-state index is -0.977. The topological polar surface area (TPSA) is 111 Å². The van der Waals surface area contributed by atoms with E-state index in [1.165, 1.54) is 23.0 Å². The van der Waals surface area contributed by atoms with Crippen LogP contribution in [0.5, 0.6) is 0 Å². The molecule has 1 aliphatic heterocycles. The molecule has 1 fully saturated rings. The van der Waals surface area contributed by atoms with Crippen LogP contribution in [0.15, 0.2) is 6.33 Å². The van der Waals surface area contributed by atoms with Gasteiger partial charge in [0.15, 0.2) is 0 Å². The smallest absolute Gasteiger partial charge is 0.327 e. The Kier molecular flexibility index (Phi) is 4.25. The summed E-state index contributed by atoms with van der Waals surface area (Å²) in [4.78, 5) is 28.5. The number of thioether (sulfide) groups is 1. The van der Waals surface area contributed by atoms with Crippen LogP contribution in [0.1, 0.15) is 18.8 Å². The fourth-order valence-corrected chi connectivity index (χ4v) is 2.85. The van der Waals surface area contributed by atoms with Gasteiger partial charge in [-0.15, -0.1) is 0 Å². The normalized spacial score (nSPS) is 20.9. The molecule has 2 heterocycles. The summed E-state index contributed by atoms with van der Waals surface area (Å²) in [7, 11) is 0. The fourth-order valence-electron chi connectivity index (χ4n) is 1.81. The van der Waals surface area contributed by atoms with E-state index in [2.05, 4.69) is 20.5 Å². The van der Waals surface area contributed by atoms with Crippen LogP contribution in [-0.2, 0) is 4.79 Å². The zero-order chi connectivity index (χ0) is 13.8. The summed E-state index contributed by atoms with van der Waals surface area (Å²) in [6.07, 6.45) is 1.36. The second-order valence-electron chi connectivity index (χ2n) is 4.16. The molecular formula is C10H15N5O3S. The van der Waals surface area contributed by atoms with E-state index in [0.717, 1.165) is 5.75 Å². The number of aliphatic carboxylic acids is 1. The van der Waals surface area contributed by atoms with Gasteiger partial charge in [-0.3, -0.25) is 5.10 Å². The van der Waals surface area contributed by atoms with Crippen LogP contribution in [0, 0.1) is 0 Å². The first kappa shape index (κ1) is 13.7. The average Bonchev–Trinajstić information content (AvgIpc) is 2.92. The number of rotatable bonds is 3. The highest BCUT2D eigenvalue weighted by Crippen LogP contribution is 2.17. The molecule has 1 saturated heterocycles. The van der Waals surface area contributed by atoms with Gasteiger partial charge in [-0.05, 0) is 6.92 Å². The fraction of sp³-hybridized carbons (Fsp3) is 0.600. The molecule has 2 atom stereocenters. The standard InChI is InChI=1S/C10H15N5O3S/c1-6(8-11-5-12-14-8)13-10(18)15-2-3-19-4-7(15)9(16)17/h5-7H,2-4H2,1H3,(H,13,18)(H,16,17)(H,11,12,14). The predicted molar refractivity (Wildman–Crippen MR) is 68.8 cm³/mol. The van der Waals surface area contributed by atoms with Crippen molar-refractivity contribution in [1.29, 1.82) is 0 Å². The SMILES string of the molecule is CC(NC(=O)N1CCSCC1C(=O)O)c1ncn[nH]1. The van der Waals surface area contributed by atoms with Crippen LogP contribution in [0.2, 0.25) is 0 Å². The van der Waals surface area contributed by atoms with E-state index in [9.17, 15) is 9.59 Å². The lowest BCUT2D eigenvalue weighted by atomic mass is 10.2. The molecule has 104 valence electrons. The molecule has 0 spiro atoms. The number of aromatic nitrogens is 3. The van der Waals surface area contributed by atoms with Crippen LogP contribution >= 0.6 is 11.8 Å². The number of nitrogens with one attached hydrogen (secondary N) is 2. The molecule has 0 aromatic carbocycles. The van der Waals surface area contributed by atoms with Crippen molar-refractivity contribution in [3.8, 4) is 0 Å². The molecule has 8 nitrogen and oxygen atoms in total. The second-order valence-corrected chi connectivity index (χ2v) is 5.31. The molecule has 1 aromatic heterocycles. The van der Waals surface area contributed by atoms with Crippen LogP contribution in [0.25, 0.3) is 0 Å². The number of H-pyrrole nitrogens is 1. The van der Waals surface area contributed by atoms with Gasteiger partial charge in [0.1, 0.15) is 18.2 Å². The summed E-state index contributed by atoms with van der Waals surface area (Å²) >= 11 is 1.54. The van der Waals surface area contributed by atoms with Crippen molar-refractivity contribution in [3.63, 3.8) is 0 Å². The lowest BCUT2D eigenvalue weighted by Gasteiger charge is -2.33. The summed E-state index contributed by atoms with van der Waals surface area (Å²) in [5.74, 6) is 0.717. The summed E-state index contributed by atoms with van der Waals surface area (Å²) in [5.41, 5.74) is 0. The molecule has 0 saturated carbocycles. The zero-order valence-corrected chi connectivity index (χ0v) is 11.2. The first-order chi connectivity index (χ1) is 9.09. The molecule has 2 amide bonds. The molecule has 19 heavy (non-hydrogen) atoms. The van der Waals surface area contributed by atoms with Crippen LogP contribution in [0.3, 0.4) is 0 Å². The van der Waals surface area contributed by atoms with Crippen LogP contribution in [0.4, 0.5) is 4.79 Å². The van der Waals surface area contributed by atoms with Crippen molar-refractivity contribution in [2.75, 3.05) is 18.1 Å². The lowest BCUT2D eigenvalue weighted by Crippen LogP contribution is -2.54. The van der Waals surface area contributed by atoms with Crippen LogP contribution < -0.4 is 5.32 Å². The predicted octanol–water partition coefficient (Wildman–Crippen LogP) is 0.0773. The lowest BCUT2D eigenvalue weighted by molar-refractivity contribution is -0.141. The molecular weight excluding hydrogens is 270 g/mol. The van der Waals surface area contributed by atoms with Gasteiger partial charge in [-0.25, -0.2) is 14.6 Å². The third-order valence-corrected chi connectivity index (χ3v) is 3.88. The highest BCUT2D eigenvalue weighted by atomic mass is 32.2. The molecule has 2 unspecified atom stereocenters. The first-order valence-corrected chi connectivity index (χ1v) is 6.98. The third kappa shape index (κ3) is 3.16. The van der Waals surface area contributed by atoms with Crippen molar-refractivity contribution in [2.45, 2.75) is 19.0 Å². The van der Waals surface area contributed by atoms with Gasteiger partial charge in [-0.1, -0.05) is 0 Å². The van der Waals surface area contributed by atoms with Crippen molar-refractivity contribution < 1.29 is 14.7 Å². The van der Waals surface area contributed by atoms with Gasteiger partial charge < -0.3 is 15.3 Å². The van der Waals surface area contributed by atoms with Gasteiger partial charge >= 0.3 is 12.0 Å². The molecule has 9 heteroatoms. The van der Waals surface area contributed by atoms with E-state index in [4.69, 9.17) is 5.11 Å². The summed E-state index contributed by atoms with van der Waals surface area (Å²) in [5, 5.41) is 18.2. The zero-order valence-electron chi connectivity index (χ0n) is 10.4. The number of aromatic amines is 1. The van der Waals surface area contributed by atoms with Gasteiger partial charge in [0.05, 0.1) is 6.04 Å². The second kappa shape index (κ2) is 5.91. The number of carbonyl (C=O) groups is 2. The Labute approximate surface area is 114 Å². The largest absolute Gasteiger partial charge is 0.480 e. The number of carboxylic acid groups (broad SMARTS) is 1. The third-order valence-electron chi connectivity index (χ3n) is 2.86. The minimum Gasteiger partial charge on any atom is -0.480 e. The van der Waals surface area contributed by atoms with E-state index in [1.54, 1.807) is 6.92 Å². The van der Waals surface area contributed by atoms with E-state index in [1.807, 2.05) is 0 Å². The number of amides is 2. The molecule has 1 aliphatic rings. The quantitative estimate of drug-likeness (QED) is 0.725. The Bertz CT molecular complexity index is 452. The summed E-state index contributed by atoms with van der Waals surface area (Å²) < 4.78 is 0. The Morgan fingerprint density at radius 2 is 2.47 bits per heavy atom. The number of carbonyl (C=O) groups excluding carboxylic acids is 1. The highest BCUT2D eigenvalue weighted by Gasteiger charge is 2.33. The Morgan fingerprint density at radius 1 is 1.68 bits per heavy atom. The molecule has 2 rings (SSSR count). The Balaban J connectivity index is 2.00. The van der Waals surface area contributed by atoms with Gasteiger partial charge in [-0.2, -0.15) is 16.9 Å². The number of carboxylic acids is 1. The molecule has 0 bridgehead atoms. The molecule has 3 N–H and O–H groups in total. The van der Waals surface area contributed by atoms with Crippen molar-refractivity contribution in [2.24, 2.45) is 0 Å². The number of hydrogen-bond acceptors (Lipinski definition) is 5. The highest BCUT2D eigenvalue weighted by molar-refractivity contribution is 7.99.